The highest BCUT2D eigenvalue weighted by Gasteiger charge is 2.20. The predicted molar refractivity (Wildman–Crippen MR) is 84.8 cm³/mol. The molecular weight excluding hydrogens is 250 g/mol. The number of rotatable bonds is 9. The van der Waals surface area contributed by atoms with Crippen LogP contribution in [0.25, 0.3) is 0 Å². The lowest BCUT2D eigenvalue weighted by Crippen LogP contribution is -2.38. The summed E-state index contributed by atoms with van der Waals surface area (Å²) in [6, 6.07) is 0.658. The molecule has 20 heavy (non-hydrogen) atoms. The van der Waals surface area contributed by atoms with Crippen LogP contribution in [0.2, 0.25) is 0 Å². The lowest BCUT2D eigenvalue weighted by Gasteiger charge is -2.31. The maximum absolute atomic E-state index is 6.04. The molecule has 0 aromatic carbocycles. The van der Waals surface area contributed by atoms with Gasteiger partial charge in [0, 0.05) is 37.4 Å². The molecule has 5 heteroatoms. The lowest BCUT2D eigenvalue weighted by atomic mass is 10.1. The van der Waals surface area contributed by atoms with Crippen molar-refractivity contribution in [1.29, 1.82) is 0 Å². The molecule has 0 saturated carbocycles. The summed E-state index contributed by atoms with van der Waals surface area (Å²) in [5.41, 5.74) is 7.27. The highest BCUT2D eigenvalue weighted by atomic mass is 15.3. The first-order valence-electron chi connectivity index (χ1n) is 7.62. The number of likely N-dealkylation sites (N-methyl/N-ethyl adjacent to an activating group) is 1. The van der Waals surface area contributed by atoms with E-state index in [2.05, 4.69) is 56.0 Å². The summed E-state index contributed by atoms with van der Waals surface area (Å²) in [6.45, 7) is 10.3. The van der Waals surface area contributed by atoms with E-state index in [9.17, 15) is 0 Å². The highest BCUT2D eigenvalue weighted by molar-refractivity contribution is 5.11. The Labute approximate surface area is 123 Å². The number of nitrogens with two attached hydrogens (primary N) is 1. The summed E-state index contributed by atoms with van der Waals surface area (Å²) in [6.07, 6.45) is 5.25. The van der Waals surface area contributed by atoms with Crippen LogP contribution < -0.4 is 5.73 Å². The van der Waals surface area contributed by atoms with Crippen molar-refractivity contribution in [1.82, 2.24) is 19.6 Å². The number of hydrogen-bond donors (Lipinski definition) is 1. The first-order chi connectivity index (χ1) is 9.49. The van der Waals surface area contributed by atoms with Gasteiger partial charge in [-0.2, -0.15) is 5.10 Å². The van der Waals surface area contributed by atoms with Crippen molar-refractivity contribution >= 4 is 0 Å². The molecular formula is C15H31N5. The Morgan fingerprint density at radius 2 is 1.95 bits per heavy atom. The van der Waals surface area contributed by atoms with E-state index in [4.69, 9.17) is 5.73 Å². The molecule has 0 aliphatic rings. The second kappa shape index (κ2) is 8.39. The van der Waals surface area contributed by atoms with E-state index in [1.165, 1.54) is 5.56 Å². The molecule has 1 rings (SSSR count). The lowest BCUT2D eigenvalue weighted by molar-refractivity contribution is 0.182. The average Bonchev–Trinajstić information content (AvgIpc) is 2.86. The summed E-state index contributed by atoms with van der Waals surface area (Å²) in [4.78, 5) is 4.69. The molecule has 1 aromatic rings. The number of hydrogen-bond acceptors (Lipinski definition) is 4. The molecule has 2 N–H and O–H groups in total. The topological polar surface area (TPSA) is 50.3 Å². The minimum atomic E-state index is 0.266. The van der Waals surface area contributed by atoms with Crippen molar-refractivity contribution in [3.63, 3.8) is 0 Å². The van der Waals surface area contributed by atoms with E-state index < -0.39 is 0 Å². The fourth-order valence-corrected chi connectivity index (χ4v) is 2.34. The van der Waals surface area contributed by atoms with Crippen LogP contribution in [-0.4, -0.2) is 59.9 Å². The molecule has 0 bridgehead atoms. The highest BCUT2D eigenvalue weighted by Crippen LogP contribution is 2.20. The zero-order valence-electron chi connectivity index (χ0n) is 13.7. The van der Waals surface area contributed by atoms with E-state index in [-0.39, 0.29) is 6.04 Å². The fourth-order valence-electron chi connectivity index (χ4n) is 2.34. The van der Waals surface area contributed by atoms with E-state index in [0.29, 0.717) is 12.6 Å². The van der Waals surface area contributed by atoms with Crippen LogP contribution in [0.1, 0.15) is 44.8 Å². The summed E-state index contributed by atoms with van der Waals surface area (Å²) in [5, 5.41) is 4.45. The molecule has 1 heterocycles. The van der Waals surface area contributed by atoms with Gasteiger partial charge in [-0.25, -0.2) is 0 Å². The van der Waals surface area contributed by atoms with Crippen molar-refractivity contribution in [2.75, 3.05) is 40.3 Å². The van der Waals surface area contributed by atoms with Gasteiger partial charge in [-0.3, -0.25) is 9.58 Å². The van der Waals surface area contributed by atoms with Crippen molar-refractivity contribution in [2.45, 2.75) is 39.3 Å². The van der Waals surface area contributed by atoms with Gasteiger partial charge in [0.15, 0.2) is 0 Å². The van der Waals surface area contributed by atoms with Crippen molar-refractivity contribution in [2.24, 2.45) is 5.73 Å². The second-order valence-corrected chi connectivity index (χ2v) is 5.94. The zero-order valence-corrected chi connectivity index (χ0v) is 13.7. The predicted octanol–water partition coefficient (Wildman–Crippen LogP) is 1.74. The standard InChI is InChI=1S/C15H31N5/c1-6-7-19(9-8-18(4)5)15(10-16)14-11-17-20(12-14)13(2)3/h11-13,15H,6-10,16H2,1-5H3. The summed E-state index contributed by atoms with van der Waals surface area (Å²) in [5.74, 6) is 0. The number of nitrogens with zero attached hydrogens (tertiary/aromatic N) is 4. The summed E-state index contributed by atoms with van der Waals surface area (Å²) >= 11 is 0. The Hall–Kier alpha value is -0.910. The molecule has 0 radical (unpaired) electrons. The summed E-state index contributed by atoms with van der Waals surface area (Å²) < 4.78 is 2.01. The third-order valence-corrected chi connectivity index (χ3v) is 3.54. The molecule has 116 valence electrons. The van der Waals surface area contributed by atoms with E-state index in [1.807, 2.05) is 10.9 Å². The van der Waals surface area contributed by atoms with Crippen LogP contribution in [0.3, 0.4) is 0 Å². The maximum Gasteiger partial charge on any atom is 0.0538 e. The third-order valence-electron chi connectivity index (χ3n) is 3.54. The van der Waals surface area contributed by atoms with Crippen LogP contribution in [0.5, 0.6) is 0 Å². The molecule has 0 fully saturated rings. The van der Waals surface area contributed by atoms with Gasteiger partial charge in [0.25, 0.3) is 0 Å². The van der Waals surface area contributed by atoms with E-state index in [0.717, 1.165) is 26.1 Å². The Balaban J connectivity index is 2.81. The summed E-state index contributed by atoms with van der Waals surface area (Å²) in [7, 11) is 4.22. The van der Waals surface area contributed by atoms with Crippen LogP contribution in [0.15, 0.2) is 12.4 Å². The first-order valence-corrected chi connectivity index (χ1v) is 7.62. The smallest absolute Gasteiger partial charge is 0.0538 e. The van der Waals surface area contributed by atoms with Gasteiger partial charge in [0.1, 0.15) is 0 Å². The largest absolute Gasteiger partial charge is 0.329 e. The third kappa shape index (κ3) is 4.89. The van der Waals surface area contributed by atoms with Crippen LogP contribution in [0.4, 0.5) is 0 Å². The zero-order chi connectivity index (χ0) is 15.1. The minimum absolute atomic E-state index is 0.266. The van der Waals surface area contributed by atoms with Gasteiger partial charge >= 0.3 is 0 Å². The fraction of sp³-hybridized carbons (Fsp3) is 0.800. The van der Waals surface area contributed by atoms with Gasteiger partial charge in [0.2, 0.25) is 0 Å². The first kappa shape index (κ1) is 17.1. The van der Waals surface area contributed by atoms with Crippen molar-refractivity contribution < 1.29 is 0 Å². The van der Waals surface area contributed by atoms with Gasteiger partial charge in [-0.05, 0) is 40.9 Å². The van der Waals surface area contributed by atoms with E-state index in [1.54, 1.807) is 0 Å². The normalized spacial score (nSPS) is 13.7. The van der Waals surface area contributed by atoms with Gasteiger partial charge in [-0.15, -0.1) is 0 Å². The monoisotopic (exact) mass is 281 g/mol. The van der Waals surface area contributed by atoms with Crippen molar-refractivity contribution in [3.8, 4) is 0 Å². The number of aromatic nitrogens is 2. The van der Waals surface area contributed by atoms with Gasteiger partial charge in [0.05, 0.1) is 12.2 Å². The van der Waals surface area contributed by atoms with Crippen LogP contribution in [0, 0.1) is 0 Å². The molecule has 1 unspecified atom stereocenters. The van der Waals surface area contributed by atoms with Gasteiger partial charge < -0.3 is 10.6 Å². The molecule has 5 nitrogen and oxygen atoms in total. The molecule has 1 aromatic heterocycles. The maximum atomic E-state index is 6.04. The Kier molecular flexibility index (Phi) is 7.19. The quantitative estimate of drug-likeness (QED) is 0.749. The molecule has 0 aliphatic carbocycles. The molecule has 0 aliphatic heterocycles. The molecule has 0 spiro atoms. The van der Waals surface area contributed by atoms with Crippen LogP contribution >= 0.6 is 0 Å². The molecule has 0 amide bonds. The minimum Gasteiger partial charge on any atom is -0.329 e. The SMILES string of the molecule is CCCN(CCN(C)C)C(CN)c1cnn(C(C)C)c1. The van der Waals surface area contributed by atoms with Crippen molar-refractivity contribution in [3.05, 3.63) is 18.0 Å². The Morgan fingerprint density at radius 3 is 2.40 bits per heavy atom. The second-order valence-electron chi connectivity index (χ2n) is 5.94. The molecule has 1 atom stereocenters. The molecule has 0 saturated heterocycles. The van der Waals surface area contributed by atoms with Gasteiger partial charge in [-0.1, -0.05) is 6.92 Å². The van der Waals surface area contributed by atoms with E-state index >= 15 is 0 Å². The Bertz CT molecular complexity index is 372. The Morgan fingerprint density at radius 1 is 1.25 bits per heavy atom. The van der Waals surface area contributed by atoms with Crippen LogP contribution in [-0.2, 0) is 0 Å². The average molecular weight is 281 g/mol.